The van der Waals surface area contributed by atoms with Crippen LogP contribution in [0.25, 0.3) is 0 Å². The van der Waals surface area contributed by atoms with Gasteiger partial charge in [-0.15, -0.1) is 11.8 Å². The second-order valence-electron chi connectivity index (χ2n) is 7.42. The van der Waals surface area contributed by atoms with E-state index in [4.69, 9.17) is 0 Å². The molecule has 31 heavy (non-hydrogen) atoms. The van der Waals surface area contributed by atoms with Gasteiger partial charge in [0.05, 0.1) is 5.37 Å². The number of hydrogen-bond acceptors (Lipinski definition) is 3. The summed E-state index contributed by atoms with van der Waals surface area (Å²) in [6, 6.07) is 38.3. The molecule has 0 radical (unpaired) electrons. The molecule has 0 spiro atoms. The van der Waals surface area contributed by atoms with Gasteiger partial charge >= 0.3 is 0 Å². The standard InChI is InChI=1S/C28H28N2S/c1-3-23-21-27(19-20-28(23)31-22(2)29-24-13-7-4-8-14-24)30(25-15-9-5-10-16-25)26-17-11-6-12-18-26/h4-22,29H,3H2,1-2H3. The van der Waals surface area contributed by atoms with Crippen molar-refractivity contribution in [3.63, 3.8) is 0 Å². The maximum absolute atomic E-state index is 3.58. The summed E-state index contributed by atoms with van der Waals surface area (Å²) in [4.78, 5) is 3.64. The molecule has 1 atom stereocenters. The van der Waals surface area contributed by atoms with E-state index in [1.54, 1.807) is 0 Å². The van der Waals surface area contributed by atoms with Gasteiger partial charge in [-0.2, -0.15) is 0 Å². The maximum atomic E-state index is 3.58. The maximum Gasteiger partial charge on any atom is 0.0740 e. The first-order valence-corrected chi connectivity index (χ1v) is 11.6. The zero-order valence-electron chi connectivity index (χ0n) is 18.0. The molecule has 4 aromatic carbocycles. The van der Waals surface area contributed by atoms with Crippen LogP contribution in [0.2, 0.25) is 0 Å². The fourth-order valence-corrected chi connectivity index (χ4v) is 4.76. The third-order valence-corrected chi connectivity index (χ3v) is 6.28. The number of para-hydroxylation sites is 3. The smallest absolute Gasteiger partial charge is 0.0740 e. The van der Waals surface area contributed by atoms with Gasteiger partial charge in [0, 0.05) is 27.6 Å². The largest absolute Gasteiger partial charge is 0.373 e. The van der Waals surface area contributed by atoms with E-state index >= 15 is 0 Å². The lowest BCUT2D eigenvalue weighted by molar-refractivity contribution is 1.06. The second kappa shape index (κ2) is 10.2. The van der Waals surface area contributed by atoms with Gasteiger partial charge in [-0.05, 0) is 73.5 Å². The van der Waals surface area contributed by atoms with Crippen LogP contribution in [0.5, 0.6) is 0 Å². The summed E-state index contributed by atoms with van der Waals surface area (Å²) in [6.45, 7) is 4.44. The molecule has 0 amide bonds. The number of hydrogen-bond donors (Lipinski definition) is 1. The number of aryl methyl sites for hydroxylation is 1. The average molecular weight is 425 g/mol. The van der Waals surface area contributed by atoms with Crippen molar-refractivity contribution in [2.75, 3.05) is 10.2 Å². The van der Waals surface area contributed by atoms with E-state index in [0.717, 1.165) is 23.5 Å². The lowest BCUT2D eigenvalue weighted by Gasteiger charge is -2.26. The van der Waals surface area contributed by atoms with E-state index in [1.807, 2.05) is 17.8 Å². The van der Waals surface area contributed by atoms with E-state index in [2.05, 4.69) is 127 Å². The summed E-state index contributed by atoms with van der Waals surface area (Å²) in [5.74, 6) is 0. The first kappa shape index (κ1) is 21.1. The Hall–Kier alpha value is -3.17. The third-order valence-electron chi connectivity index (χ3n) is 5.16. The van der Waals surface area contributed by atoms with Crippen LogP contribution in [0.1, 0.15) is 19.4 Å². The molecule has 1 N–H and O–H groups in total. The highest BCUT2D eigenvalue weighted by Crippen LogP contribution is 2.37. The molecule has 0 saturated carbocycles. The topological polar surface area (TPSA) is 15.3 Å². The van der Waals surface area contributed by atoms with Crippen molar-refractivity contribution in [3.05, 3.63) is 115 Å². The van der Waals surface area contributed by atoms with Crippen molar-refractivity contribution in [3.8, 4) is 0 Å². The lowest BCUT2D eigenvalue weighted by atomic mass is 10.1. The third kappa shape index (κ3) is 5.31. The van der Waals surface area contributed by atoms with Crippen molar-refractivity contribution in [2.45, 2.75) is 30.5 Å². The fourth-order valence-electron chi connectivity index (χ4n) is 3.69. The number of thioether (sulfide) groups is 1. The Kier molecular flexibility index (Phi) is 6.96. The highest BCUT2D eigenvalue weighted by molar-refractivity contribution is 8.00. The Morgan fingerprint density at radius 3 is 1.81 bits per heavy atom. The van der Waals surface area contributed by atoms with E-state index in [-0.39, 0.29) is 5.37 Å². The quantitative estimate of drug-likeness (QED) is 0.226. The van der Waals surface area contributed by atoms with Gasteiger partial charge in [-0.1, -0.05) is 61.5 Å². The molecule has 1 unspecified atom stereocenters. The minimum atomic E-state index is 0.276. The molecular weight excluding hydrogens is 396 g/mol. The number of nitrogens with one attached hydrogen (secondary N) is 1. The zero-order valence-corrected chi connectivity index (χ0v) is 18.8. The predicted molar refractivity (Wildman–Crippen MR) is 136 cm³/mol. The van der Waals surface area contributed by atoms with Crippen LogP contribution >= 0.6 is 11.8 Å². The van der Waals surface area contributed by atoms with Gasteiger partial charge in [0.1, 0.15) is 0 Å². The monoisotopic (exact) mass is 424 g/mol. The summed E-state index contributed by atoms with van der Waals surface area (Å²) < 4.78 is 0. The summed E-state index contributed by atoms with van der Waals surface area (Å²) in [5.41, 5.74) is 6.02. The van der Waals surface area contributed by atoms with Gasteiger partial charge in [0.2, 0.25) is 0 Å². The van der Waals surface area contributed by atoms with Crippen LogP contribution in [0.15, 0.2) is 114 Å². The molecule has 4 aromatic rings. The Bertz CT molecular complexity index is 1040. The van der Waals surface area contributed by atoms with Gasteiger partial charge in [0.15, 0.2) is 0 Å². The number of nitrogens with zero attached hydrogens (tertiary/aromatic N) is 1. The second-order valence-corrected chi connectivity index (χ2v) is 8.81. The van der Waals surface area contributed by atoms with Gasteiger partial charge in [-0.3, -0.25) is 0 Å². The summed E-state index contributed by atoms with van der Waals surface area (Å²) >= 11 is 1.87. The highest BCUT2D eigenvalue weighted by Gasteiger charge is 2.15. The molecule has 4 rings (SSSR count). The summed E-state index contributed by atoms with van der Waals surface area (Å²) in [7, 11) is 0. The van der Waals surface area contributed by atoms with Crippen molar-refractivity contribution in [1.29, 1.82) is 0 Å². The lowest BCUT2D eigenvalue weighted by Crippen LogP contribution is -2.12. The summed E-state index contributed by atoms with van der Waals surface area (Å²) in [5, 5.41) is 3.86. The van der Waals surface area contributed by atoms with Crippen molar-refractivity contribution < 1.29 is 0 Å². The van der Waals surface area contributed by atoms with Crippen LogP contribution in [-0.4, -0.2) is 5.37 Å². The Labute approximate surface area is 189 Å². The molecule has 0 heterocycles. The van der Waals surface area contributed by atoms with E-state index < -0.39 is 0 Å². The summed E-state index contributed by atoms with van der Waals surface area (Å²) in [6.07, 6.45) is 0.992. The van der Waals surface area contributed by atoms with Crippen molar-refractivity contribution >= 4 is 34.5 Å². The highest BCUT2D eigenvalue weighted by atomic mass is 32.2. The number of anilines is 4. The molecular formula is C28H28N2S. The van der Waals surface area contributed by atoms with Crippen LogP contribution in [0, 0.1) is 0 Å². The molecule has 0 aliphatic carbocycles. The normalized spacial score (nSPS) is 11.7. The van der Waals surface area contributed by atoms with Crippen LogP contribution in [0.3, 0.4) is 0 Å². The zero-order chi connectivity index (χ0) is 21.5. The Morgan fingerprint density at radius 1 is 0.710 bits per heavy atom. The van der Waals surface area contributed by atoms with E-state index in [9.17, 15) is 0 Å². The Balaban J connectivity index is 1.62. The molecule has 0 aliphatic heterocycles. The number of rotatable bonds is 8. The minimum Gasteiger partial charge on any atom is -0.373 e. The first-order chi connectivity index (χ1) is 15.2. The van der Waals surface area contributed by atoms with Gasteiger partial charge in [-0.25, -0.2) is 0 Å². The SMILES string of the molecule is CCc1cc(N(c2ccccc2)c2ccccc2)ccc1SC(C)Nc1ccccc1. The average Bonchev–Trinajstić information content (AvgIpc) is 2.82. The molecule has 0 saturated heterocycles. The molecule has 156 valence electrons. The van der Waals surface area contributed by atoms with E-state index in [0.29, 0.717) is 0 Å². The minimum absolute atomic E-state index is 0.276. The van der Waals surface area contributed by atoms with Crippen molar-refractivity contribution in [2.24, 2.45) is 0 Å². The Morgan fingerprint density at radius 2 is 1.26 bits per heavy atom. The molecule has 0 fully saturated rings. The molecule has 3 heteroatoms. The fraction of sp³-hybridized carbons (Fsp3) is 0.143. The molecule has 0 bridgehead atoms. The van der Waals surface area contributed by atoms with Crippen LogP contribution in [0.4, 0.5) is 22.7 Å². The first-order valence-electron chi connectivity index (χ1n) is 10.8. The number of benzene rings is 4. The van der Waals surface area contributed by atoms with Gasteiger partial charge < -0.3 is 10.2 Å². The van der Waals surface area contributed by atoms with Gasteiger partial charge in [0.25, 0.3) is 0 Å². The predicted octanol–water partition coefficient (Wildman–Crippen LogP) is 8.27. The molecule has 2 nitrogen and oxygen atoms in total. The molecule has 0 aromatic heterocycles. The van der Waals surface area contributed by atoms with Crippen LogP contribution in [-0.2, 0) is 6.42 Å². The van der Waals surface area contributed by atoms with E-state index in [1.165, 1.54) is 16.1 Å². The van der Waals surface area contributed by atoms with Crippen molar-refractivity contribution in [1.82, 2.24) is 0 Å². The van der Waals surface area contributed by atoms with Crippen LogP contribution < -0.4 is 10.2 Å². The molecule has 0 aliphatic rings.